The van der Waals surface area contributed by atoms with Crippen LogP contribution in [0.2, 0.25) is 5.02 Å². The Bertz CT molecular complexity index is 1430. The average molecular weight is 481 g/mol. The van der Waals surface area contributed by atoms with Crippen LogP contribution in [0.5, 0.6) is 0 Å². The molecule has 1 atom stereocenters. The number of hydrogen-bond donors (Lipinski definition) is 0. The van der Waals surface area contributed by atoms with Crippen LogP contribution in [0, 0.1) is 10.1 Å². The van der Waals surface area contributed by atoms with Crippen molar-refractivity contribution in [3.8, 4) is 0 Å². The van der Waals surface area contributed by atoms with Crippen LogP contribution in [0.3, 0.4) is 0 Å². The van der Waals surface area contributed by atoms with Gasteiger partial charge in [0.2, 0.25) is 0 Å². The number of nitro groups is 1. The molecule has 0 aliphatic carbocycles. The van der Waals surface area contributed by atoms with Gasteiger partial charge in [-0.1, -0.05) is 30.7 Å². The van der Waals surface area contributed by atoms with Gasteiger partial charge in [0.25, 0.3) is 17.2 Å². The first-order chi connectivity index (χ1) is 16.3. The molecule has 0 radical (unpaired) electrons. The second-order valence-corrected chi connectivity index (χ2v) is 8.12. The van der Waals surface area contributed by atoms with E-state index < -0.39 is 16.9 Å². The Kier molecular flexibility index (Phi) is 6.47. The normalized spacial score (nSPS) is 12.0. The van der Waals surface area contributed by atoms with Crippen LogP contribution in [0.1, 0.15) is 41.3 Å². The maximum absolute atomic E-state index is 13.7. The first kappa shape index (κ1) is 23.2. The summed E-state index contributed by atoms with van der Waals surface area (Å²) in [7, 11) is 1.62. The summed E-state index contributed by atoms with van der Waals surface area (Å²) in [6.07, 6.45) is 1.94. The highest BCUT2D eigenvalue weighted by Crippen LogP contribution is 2.30. The van der Waals surface area contributed by atoms with E-state index in [1.807, 2.05) is 6.92 Å². The second kappa shape index (κ2) is 9.48. The number of halogens is 1. The molecule has 4 aromatic rings. The van der Waals surface area contributed by atoms with Crippen molar-refractivity contribution in [3.05, 3.63) is 103 Å². The van der Waals surface area contributed by atoms with Crippen molar-refractivity contribution < 1.29 is 14.1 Å². The van der Waals surface area contributed by atoms with Crippen molar-refractivity contribution in [2.75, 3.05) is 0 Å². The van der Waals surface area contributed by atoms with Crippen LogP contribution in [0.4, 0.5) is 5.69 Å². The van der Waals surface area contributed by atoms with E-state index in [1.165, 1.54) is 27.9 Å². The summed E-state index contributed by atoms with van der Waals surface area (Å²) in [5, 5.41) is 11.5. The van der Waals surface area contributed by atoms with Gasteiger partial charge in [0, 0.05) is 19.2 Å². The number of amides is 1. The molecule has 4 rings (SSSR count). The number of benzene rings is 2. The lowest BCUT2D eigenvalue weighted by Crippen LogP contribution is -2.38. The lowest BCUT2D eigenvalue weighted by molar-refractivity contribution is -0.384. The van der Waals surface area contributed by atoms with Gasteiger partial charge in [-0.25, -0.2) is 4.98 Å². The molecule has 0 saturated carbocycles. The maximum Gasteiger partial charge on any atom is 0.270 e. The standard InChI is InChI=1S/C24H21ClN4O5/c1-3-21(22-26-20-9-5-4-8-18(20)23(30)27(22)2)28(14-16-7-6-12-34-16)24(31)17-11-10-15(29(32)33)13-19(17)25/h4-13,21H,3,14H2,1-2H3. The van der Waals surface area contributed by atoms with Crippen LogP contribution in [0.15, 0.2) is 70.1 Å². The molecule has 2 aromatic heterocycles. The number of para-hydroxylation sites is 1. The number of hydrogen-bond acceptors (Lipinski definition) is 6. The zero-order valence-corrected chi connectivity index (χ0v) is 19.2. The SMILES string of the molecule is CCC(c1nc2ccccc2c(=O)n1C)N(Cc1ccco1)C(=O)c1ccc([N+](=O)[O-])cc1Cl. The van der Waals surface area contributed by atoms with E-state index in [-0.39, 0.29) is 28.4 Å². The summed E-state index contributed by atoms with van der Waals surface area (Å²) in [6.45, 7) is 1.96. The highest BCUT2D eigenvalue weighted by Gasteiger charge is 2.31. The van der Waals surface area contributed by atoms with E-state index >= 15 is 0 Å². The predicted molar refractivity (Wildman–Crippen MR) is 127 cm³/mol. The van der Waals surface area contributed by atoms with Crippen molar-refractivity contribution in [2.45, 2.75) is 25.9 Å². The number of furan rings is 1. The van der Waals surface area contributed by atoms with Gasteiger partial charge < -0.3 is 9.32 Å². The lowest BCUT2D eigenvalue weighted by Gasteiger charge is -2.31. The van der Waals surface area contributed by atoms with E-state index in [9.17, 15) is 19.7 Å². The Morgan fingerprint density at radius 3 is 2.65 bits per heavy atom. The number of carbonyl (C=O) groups excluding carboxylic acids is 1. The number of aromatic nitrogens is 2. The molecule has 0 saturated heterocycles. The molecular weight excluding hydrogens is 460 g/mol. The molecule has 1 unspecified atom stereocenters. The molecule has 34 heavy (non-hydrogen) atoms. The van der Waals surface area contributed by atoms with Crippen molar-refractivity contribution in [1.82, 2.24) is 14.5 Å². The maximum atomic E-state index is 13.7. The summed E-state index contributed by atoms with van der Waals surface area (Å²) in [6, 6.07) is 13.6. The number of nitro benzene ring substituents is 1. The zero-order chi connectivity index (χ0) is 24.4. The molecule has 0 aliphatic rings. The van der Waals surface area contributed by atoms with E-state index in [0.717, 1.165) is 6.07 Å². The van der Waals surface area contributed by atoms with Crippen molar-refractivity contribution in [3.63, 3.8) is 0 Å². The highest BCUT2D eigenvalue weighted by molar-refractivity contribution is 6.34. The van der Waals surface area contributed by atoms with Crippen LogP contribution in [-0.2, 0) is 13.6 Å². The number of rotatable bonds is 7. The summed E-state index contributed by atoms with van der Waals surface area (Å²) in [4.78, 5) is 43.5. The van der Waals surface area contributed by atoms with Gasteiger partial charge in [-0.3, -0.25) is 24.3 Å². The van der Waals surface area contributed by atoms with Crippen molar-refractivity contribution in [1.29, 1.82) is 0 Å². The lowest BCUT2D eigenvalue weighted by atomic mass is 10.1. The fraction of sp³-hybridized carbons (Fsp3) is 0.208. The zero-order valence-electron chi connectivity index (χ0n) is 18.5. The van der Waals surface area contributed by atoms with E-state index in [1.54, 1.807) is 43.4 Å². The summed E-state index contributed by atoms with van der Waals surface area (Å²) >= 11 is 6.28. The highest BCUT2D eigenvalue weighted by atomic mass is 35.5. The van der Waals surface area contributed by atoms with Crippen LogP contribution in [-0.4, -0.2) is 25.3 Å². The second-order valence-electron chi connectivity index (χ2n) is 7.71. The molecule has 174 valence electrons. The summed E-state index contributed by atoms with van der Waals surface area (Å²) < 4.78 is 6.92. The van der Waals surface area contributed by atoms with Crippen molar-refractivity contribution >= 4 is 34.1 Å². The molecular formula is C24H21ClN4O5. The average Bonchev–Trinajstić information content (AvgIpc) is 3.34. The Morgan fingerprint density at radius 2 is 2.00 bits per heavy atom. The Morgan fingerprint density at radius 1 is 1.24 bits per heavy atom. The molecule has 1 amide bonds. The van der Waals surface area contributed by atoms with Gasteiger partial charge in [0.15, 0.2) is 0 Å². The third-order valence-corrected chi connectivity index (χ3v) is 5.95. The van der Waals surface area contributed by atoms with E-state index in [4.69, 9.17) is 21.0 Å². The molecule has 2 aromatic carbocycles. The largest absolute Gasteiger partial charge is 0.467 e. The minimum atomic E-state index is -0.605. The first-order valence-corrected chi connectivity index (χ1v) is 10.9. The minimum absolute atomic E-state index is 0.0427. The van der Waals surface area contributed by atoms with Gasteiger partial charge in [0.05, 0.1) is 45.3 Å². The van der Waals surface area contributed by atoms with E-state index in [0.29, 0.717) is 28.9 Å². The number of carbonyl (C=O) groups is 1. The first-order valence-electron chi connectivity index (χ1n) is 10.5. The van der Waals surface area contributed by atoms with Gasteiger partial charge in [-0.2, -0.15) is 0 Å². The number of nitrogens with zero attached hydrogens (tertiary/aromatic N) is 4. The fourth-order valence-corrected chi connectivity index (χ4v) is 4.17. The Labute approximate surface area is 199 Å². The topological polar surface area (TPSA) is 111 Å². The van der Waals surface area contributed by atoms with E-state index in [2.05, 4.69) is 0 Å². The molecule has 9 nitrogen and oxygen atoms in total. The molecule has 0 fully saturated rings. The van der Waals surface area contributed by atoms with Gasteiger partial charge in [-0.15, -0.1) is 0 Å². The molecule has 10 heteroatoms. The van der Waals surface area contributed by atoms with Crippen LogP contribution < -0.4 is 5.56 Å². The predicted octanol–water partition coefficient (Wildman–Crippen LogP) is 4.88. The van der Waals surface area contributed by atoms with Crippen LogP contribution >= 0.6 is 11.6 Å². The Hall–Kier alpha value is -3.98. The van der Waals surface area contributed by atoms with Gasteiger partial charge in [-0.05, 0) is 36.8 Å². The summed E-state index contributed by atoms with van der Waals surface area (Å²) in [5.41, 5.74) is 0.184. The monoisotopic (exact) mass is 480 g/mol. The molecule has 0 aliphatic heterocycles. The van der Waals surface area contributed by atoms with Gasteiger partial charge >= 0.3 is 0 Å². The molecule has 0 N–H and O–H groups in total. The quantitative estimate of drug-likeness (QED) is 0.275. The number of non-ortho nitro benzene ring substituents is 1. The summed E-state index contributed by atoms with van der Waals surface area (Å²) in [5.74, 6) is 0.463. The third kappa shape index (κ3) is 4.29. The molecule has 2 heterocycles. The van der Waals surface area contributed by atoms with Crippen molar-refractivity contribution in [2.24, 2.45) is 7.05 Å². The Balaban J connectivity index is 1.84. The third-order valence-electron chi connectivity index (χ3n) is 5.64. The molecule has 0 bridgehead atoms. The molecule has 0 spiro atoms. The minimum Gasteiger partial charge on any atom is -0.467 e. The number of fused-ring (bicyclic) bond motifs is 1. The smallest absolute Gasteiger partial charge is 0.270 e. The fourth-order valence-electron chi connectivity index (χ4n) is 3.92. The van der Waals surface area contributed by atoms with Crippen LogP contribution in [0.25, 0.3) is 10.9 Å². The van der Waals surface area contributed by atoms with Gasteiger partial charge in [0.1, 0.15) is 11.6 Å².